The van der Waals surface area contributed by atoms with Gasteiger partial charge in [-0.05, 0) is 17.9 Å². The zero-order valence-corrected chi connectivity index (χ0v) is 12.5. The Hall–Kier alpha value is -2.14. The zero-order chi connectivity index (χ0) is 15.2. The Kier molecular flexibility index (Phi) is 5.11. The number of aromatic nitrogens is 2. The molecule has 2 aromatic rings. The first kappa shape index (κ1) is 15.3. The molecule has 1 heterocycles. The normalized spacial score (nSPS) is 13.5. The summed E-state index contributed by atoms with van der Waals surface area (Å²) in [6, 6.07) is 10.1. The minimum Gasteiger partial charge on any atom is -0.480 e. The van der Waals surface area contributed by atoms with Gasteiger partial charge < -0.3 is 14.6 Å². The average Bonchev–Trinajstić information content (AvgIpc) is 2.54. The predicted octanol–water partition coefficient (Wildman–Crippen LogP) is 2.72. The van der Waals surface area contributed by atoms with Gasteiger partial charge in [-0.3, -0.25) is 0 Å². The van der Waals surface area contributed by atoms with E-state index in [2.05, 4.69) is 16.9 Å². The molecule has 0 aliphatic carbocycles. The molecule has 0 amide bonds. The minimum atomic E-state index is -0.742. The summed E-state index contributed by atoms with van der Waals surface area (Å²) >= 11 is 0. The molecule has 21 heavy (non-hydrogen) atoms. The number of aliphatic hydroxyl groups is 1. The molecule has 0 aliphatic rings. The number of methoxy groups -OCH3 is 2. The van der Waals surface area contributed by atoms with E-state index in [9.17, 15) is 5.11 Å². The van der Waals surface area contributed by atoms with E-state index in [1.807, 2.05) is 30.3 Å². The SMILES string of the molecule is COc1cnc(C(O)CC(C)c2ccccc2)c(OC)n1. The first-order chi connectivity index (χ1) is 10.2. The molecular weight excluding hydrogens is 268 g/mol. The van der Waals surface area contributed by atoms with Crippen molar-refractivity contribution < 1.29 is 14.6 Å². The van der Waals surface area contributed by atoms with Crippen LogP contribution in [-0.2, 0) is 0 Å². The summed E-state index contributed by atoms with van der Waals surface area (Å²) in [6.45, 7) is 2.07. The highest BCUT2D eigenvalue weighted by molar-refractivity contribution is 5.26. The van der Waals surface area contributed by atoms with Crippen LogP contribution in [0.15, 0.2) is 36.5 Å². The van der Waals surface area contributed by atoms with E-state index in [1.54, 1.807) is 0 Å². The van der Waals surface area contributed by atoms with Crippen molar-refractivity contribution in [2.75, 3.05) is 14.2 Å². The number of benzene rings is 1. The standard InChI is InChI=1S/C16H20N2O3/c1-11(12-7-5-4-6-8-12)9-13(19)15-16(21-3)18-14(20-2)10-17-15/h4-8,10-11,13,19H,9H2,1-3H3. The van der Waals surface area contributed by atoms with Gasteiger partial charge in [0.15, 0.2) is 0 Å². The average molecular weight is 288 g/mol. The van der Waals surface area contributed by atoms with E-state index in [4.69, 9.17) is 9.47 Å². The quantitative estimate of drug-likeness (QED) is 0.885. The van der Waals surface area contributed by atoms with E-state index in [0.29, 0.717) is 23.9 Å². The molecule has 112 valence electrons. The fourth-order valence-corrected chi connectivity index (χ4v) is 2.21. The lowest BCUT2D eigenvalue weighted by molar-refractivity contribution is 0.149. The fraction of sp³-hybridized carbons (Fsp3) is 0.375. The van der Waals surface area contributed by atoms with Crippen molar-refractivity contribution in [3.63, 3.8) is 0 Å². The molecule has 2 unspecified atom stereocenters. The van der Waals surface area contributed by atoms with Crippen molar-refractivity contribution in [2.45, 2.75) is 25.4 Å². The van der Waals surface area contributed by atoms with E-state index >= 15 is 0 Å². The summed E-state index contributed by atoms with van der Waals surface area (Å²) in [5.74, 6) is 0.857. The Morgan fingerprint density at radius 3 is 2.48 bits per heavy atom. The lowest BCUT2D eigenvalue weighted by Gasteiger charge is -2.18. The van der Waals surface area contributed by atoms with Crippen LogP contribution >= 0.6 is 0 Å². The molecule has 0 bridgehead atoms. The molecule has 1 N–H and O–H groups in total. The lowest BCUT2D eigenvalue weighted by Crippen LogP contribution is -2.09. The molecular formula is C16H20N2O3. The van der Waals surface area contributed by atoms with Crippen LogP contribution < -0.4 is 9.47 Å². The van der Waals surface area contributed by atoms with Crippen molar-refractivity contribution in [1.29, 1.82) is 0 Å². The van der Waals surface area contributed by atoms with Crippen molar-refractivity contribution in [2.24, 2.45) is 0 Å². The Labute approximate surface area is 124 Å². The second kappa shape index (κ2) is 7.04. The molecule has 5 nitrogen and oxygen atoms in total. The number of hydrogen-bond acceptors (Lipinski definition) is 5. The smallest absolute Gasteiger partial charge is 0.241 e. The molecule has 0 fully saturated rings. The molecule has 0 aliphatic heterocycles. The van der Waals surface area contributed by atoms with Gasteiger partial charge in [-0.1, -0.05) is 37.3 Å². The highest BCUT2D eigenvalue weighted by Gasteiger charge is 2.20. The lowest BCUT2D eigenvalue weighted by atomic mass is 9.94. The van der Waals surface area contributed by atoms with E-state index < -0.39 is 6.10 Å². The summed E-state index contributed by atoms with van der Waals surface area (Å²) in [4.78, 5) is 8.35. The van der Waals surface area contributed by atoms with E-state index in [1.165, 1.54) is 26.0 Å². The van der Waals surface area contributed by atoms with Gasteiger partial charge in [-0.25, -0.2) is 4.98 Å². The molecule has 0 spiro atoms. The van der Waals surface area contributed by atoms with Crippen molar-refractivity contribution in [3.05, 3.63) is 47.8 Å². The van der Waals surface area contributed by atoms with Crippen molar-refractivity contribution in [3.8, 4) is 11.8 Å². The van der Waals surface area contributed by atoms with Crippen LogP contribution in [0, 0.1) is 0 Å². The van der Waals surface area contributed by atoms with Crippen LogP contribution in [0.1, 0.15) is 36.6 Å². The third kappa shape index (κ3) is 3.70. The third-order valence-corrected chi connectivity index (χ3v) is 3.41. The highest BCUT2D eigenvalue weighted by atomic mass is 16.5. The molecule has 1 aromatic carbocycles. The number of ether oxygens (including phenoxy) is 2. The van der Waals surface area contributed by atoms with Crippen LogP contribution in [0.2, 0.25) is 0 Å². The van der Waals surface area contributed by atoms with Crippen LogP contribution in [0.25, 0.3) is 0 Å². The summed E-state index contributed by atoms with van der Waals surface area (Å²) in [7, 11) is 3.01. The Balaban J connectivity index is 2.14. The van der Waals surface area contributed by atoms with Crippen LogP contribution in [0.4, 0.5) is 0 Å². The Morgan fingerprint density at radius 2 is 1.86 bits per heavy atom. The van der Waals surface area contributed by atoms with E-state index in [0.717, 1.165) is 0 Å². The van der Waals surface area contributed by atoms with Gasteiger partial charge >= 0.3 is 0 Å². The molecule has 2 rings (SSSR count). The fourth-order valence-electron chi connectivity index (χ4n) is 2.21. The van der Waals surface area contributed by atoms with E-state index in [-0.39, 0.29) is 5.92 Å². The molecule has 0 saturated heterocycles. The van der Waals surface area contributed by atoms with Gasteiger partial charge in [-0.2, -0.15) is 4.98 Å². The highest BCUT2D eigenvalue weighted by Crippen LogP contribution is 2.31. The first-order valence-corrected chi connectivity index (χ1v) is 6.83. The molecule has 5 heteroatoms. The zero-order valence-electron chi connectivity index (χ0n) is 12.5. The molecule has 2 atom stereocenters. The van der Waals surface area contributed by atoms with Gasteiger partial charge in [0.25, 0.3) is 0 Å². The first-order valence-electron chi connectivity index (χ1n) is 6.83. The second-order valence-corrected chi connectivity index (χ2v) is 4.87. The Morgan fingerprint density at radius 1 is 1.14 bits per heavy atom. The van der Waals surface area contributed by atoms with Gasteiger partial charge in [-0.15, -0.1) is 0 Å². The largest absolute Gasteiger partial charge is 0.480 e. The van der Waals surface area contributed by atoms with Crippen molar-refractivity contribution >= 4 is 0 Å². The molecule has 0 radical (unpaired) electrons. The maximum absolute atomic E-state index is 10.4. The number of rotatable bonds is 6. The van der Waals surface area contributed by atoms with Gasteiger partial charge in [0.1, 0.15) is 11.8 Å². The van der Waals surface area contributed by atoms with Gasteiger partial charge in [0, 0.05) is 0 Å². The maximum Gasteiger partial charge on any atom is 0.241 e. The number of hydrogen-bond donors (Lipinski definition) is 1. The van der Waals surface area contributed by atoms with Crippen LogP contribution in [0.3, 0.4) is 0 Å². The van der Waals surface area contributed by atoms with Gasteiger partial charge in [0.05, 0.1) is 20.4 Å². The second-order valence-electron chi connectivity index (χ2n) is 4.87. The summed E-state index contributed by atoms with van der Waals surface area (Å²) in [5, 5.41) is 10.4. The van der Waals surface area contributed by atoms with Gasteiger partial charge in [0.2, 0.25) is 11.8 Å². The molecule has 1 aromatic heterocycles. The van der Waals surface area contributed by atoms with Crippen LogP contribution in [0.5, 0.6) is 11.8 Å². The molecule has 0 saturated carbocycles. The number of nitrogens with zero attached hydrogens (tertiary/aromatic N) is 2. The predicted molar refractivity (Wildman–Crippen MR) is 79.6 cm³/mol. The monoisotopic (exact) mass is 288 g/mol. The topological polar surface area (TPSA) is 64.5 Å². The maximum atomic E-state index is 10.4. The summed E-state index contributed by atoms with van der Waals surface area (Å²) in [5.41, 5.74) is 1.61. The summed E-state index contributed by atoms with van der Waals surface area (Å²) < 4.78 is 10.2. The minimum absolute atomic E-state index is 0.204. The number of aliphatic hydroxyl groups excluding tert-OH is 1. The summed E-state index contributed by atoms with van der Waals surface area (Å²) in [6.07, 6.45) is 1.28. The van der Waals surface area contributed by atoms with Crippen molar-refractivity contribution in [1.82, 2.24) is 9.97 Å². The Bertz CT molecular complexity index is 575. The van der Waals surface area contributed by atoms with Crippen LogP contribution in [-0.4, -0.2) is 29.3 Å². The third-order valence-electron chi connectivity index (χ3n) is 3.41.